The van der Waals surface area contributed by atoms with Gasteiger partial charge in [-0.3, -0.25) is 4.72 Å². The van der Waals surface area contributed by atoms with Crippen LogP contribution < -0.4 is 10.0 Å². The van der Waals surface area contributed by atoms with E-state index in [9.17, 15) is 12.8 Å². The maximum Gasteiger partial charge on any atom is 0.271 e. The molecule has 0 aliphatic heterocycles. The lowest BCUT2D eigenvalue weighted by Gasteiger charge is -2.06. The second-order valence-corrected chi connectivity index (χ2v) is 7.75. The van der Waals surface area contributed by atoms with Crippen molar-refractivity contribution in [1.29, 1.82) is 0 Å². The Morgan fingerprint density at radius 3 is 2.71 bits per heavy atom. The second-order valence-electron chi connectivity index (χ2n) is 4.93. The van der Waals surface area contributed by atoms with Gasteiger partial charge in [0.15, 0.2) is 0 Å². The lowest BCUT2D eigenvalue weighted by molar-refractivity contribution is 0.589. The van der Waals surface area contributed by atoms with E-state index < -0.39 is 15.8 Å². The Balaban J connectivity index is 2.12. The zero-order valence-corrected chi connectivity index (χ0v) is 13.4. The molecule has 0 spiro atoms. The van der Waals surface area contributed by atoms with Crippen LogP contribution in [0.1, 0.15) is 19.4 Å². The predicted molar refractivity (Wildman–Crippen MR) is 83.5 cm³/mol. The van der Waals surface area contributed by atoms with Gasteiger partial charge in [-0.25, -0.2) is 12.8 Å². The average Bonchev–Trinajstić information content (AvgIpc) is 2.85. The Labute approximate surface area is 128 Å². The third kappa shape index (κ3) is 4.52. The highest BCUT2D eigenvalue weighted by Crippen LogP contribution is 2.23. The number of benzene rings is 1. The smallest absolute Gasteiger partial charge is 0.271 e. The fraction of sp³-hybridized carbons (Fsp3) is 0.286. The zero-order valence-electron chi connectivity index (χ0n) is 11.8. The van der Waals surface area contributed by atoms with Gasteiger partial charge in [0.25, 0.3) is 10.0 Å². The summed E-state index contributed by atoms with van der Waals surface area (Å²) < 4.78 is 40.1. The molecule has 0 amide bonds. The molecule has 1 aromatic carbocycles. The summed E-state index contributed by atoms with van der Waals surface area (Å²) >= 11 is 1.15. The summed E-state index contributed by atoms with van der Waals surface area (Å²) in [4.78, 5) is 0. The van der Waals surface area contributed by atoms with E-state index in [-0.39, 0.29) is 9.90 Å². The molecule has 1 aromatic heterocycles. The van der Waals surface area contributed by atoms with E-state index in [0.29, 0.717) is 12.6 Å². The van der Waals surface area contributed by atoms with Crippen LogP contribution in [0, 0.1) is 5.82 Å². The third-order valence-corrected chi connectivity index (χ3v) is 5.56. The number of rotatable bonds is 6. The second kappa shape index (κ2) is 6.55. The minimum absolute atomic E-state index is 0.213. The Hall–Kier alpha value is -1.44. The highest BCUT2D eigenvalue weighted by Gasteiger charge is 2.17. The number of thiophene rings is 1. The van der Waals surface area contributed by atoms with Crippen LogP contribution >= 0.6 is 11.3 Å². The number of hydrogen-bond donors (Lipinski definition) is 2. The van der Waals surface area contributed by atoms with E-state index in [1.165, 1.54) is 18.2 Å². The molecule has 0 bridgehead atoms. The zero-order chi connectivity index (χ0) is 15.5. The fourth-order valence-corrected chi connectivity index (χ4v) is 3.92. The summed E-state index contributed by atoms with van der Waals surface area (Å²) in [5, 5.41) is 5.03. The number of anilines is 1. The van der Waals surface area contributed by atoms with E-state index in [1.54, 1.807) is 11.4 Å². The molecule has 0 radical (unpaired) electrons. The van der Waals surface area contributed by atoms with E-state index in [1.807, 2.05) is 13.8 Å². The summed E-state index contributed by atoms with van der Waals surface area (Å²) in [6, 6.07) is 7.33. The maximum atomic E-state index is 13.1. The minimum Gasteiger partial charge on any atom is -0.310 e. The van der Waals surface area contributed by atoms with Gasteiger partial charge in [-0.15, -0.1) is 11.3 Å². The van der Waals surface area contributed by atoms with Crippen molar-refractivity contribution in [3.8, 4) is 0 Å². The van der Waals surface area contributed by atoms with Crippen molar-refractivity contribution in [2.24, 2.45) is 0 Å². The van der Waals surface area contributed by atoms with Crippen LogP contribution in [0.3, 0.4) is 0 Å². The first-order valence-corrected chi connectivity index (χ1v) is 8.82. The summed E-state index contributed by atoms with van der Waals surface area (Å²) in [6.45, 7) is 4.66. The van der Waals surface area contributed by atoms with Crippen LogP contribution in [0.4, 0.5) is 10.1 Å². The van der Waals surface area contributed by atoms with Gasteiger partial charge in [0, 0.05) is 12.6 Å². The van der Waals surface area contributed by atoms with Gasteiger partial charge in [0.05, 0.1) is 5.69 Å². The summed E-state index contributed by atoms with van der Waals surface area (Å²) in [5.74, 6) is -0.483. The lowest BCUT2D eigenvalue weighted by Crippen LogP contribution is -2.21. The van der Waals surface area contributed by atoms with Gasteiger partial charge in [0.1, 0.15) is 10.0 Å². The molecule has 0 saturated carbocycles. The highest BCUT2D eigenvalue weighted by atomic mass is 32.2. The molecule has 2 aromatic rings. The van der Waals surface area contributed by atoms with Crippen LogP contribution in [0.2, 0.25) is 0 Å². The molecular formula is C14H17FN2O2S2. The Morgan fingerprint density at radius 1 is 1.29 bits per heavy atom. The number of sulfonamides is 1. The Morgan fingerprint density at radius 2 is 2.05 bits per heavy atom. The molecular weight excluding hydrogens is 311 g/mol. The first kappa shape index (κ1) is 15.9. The van der Waals surface area contributed by atoms with Crippen molar-refractivity contribution >= 4 is 27.0 Å². The van der Waals surface area contributed by atoms with E-state index in [2.05, 4.69) is 10.0 Å². The number of nitrogens with one attached hydrogen (secondary N) is 2. The molecule has 7 heteroatoms. The lowest BCUT2D eigenvalue weighted by atomic mass is 10.3. The molecule has 4 nitrogen and oxygen atoms in total. The molecule has 0 saturated heterocycles. The van der Waals surface area contributed by atoms with Gasteiger partial charge in [0.2, 0.25) is 0 Å². The summed E-state index contributed by atoms with van der Waals surface area (Å²) in [5.41, 5.74) is 1.12. The fourth-order valence-electron chi connectivity index (χ4n) is 1.67. The SMILES string of the molecule is CC(C)NCc1csc(S(=O)(=O)Nc2cccc(F)c2)c1. The molecule has 0 aliphatic carbocycles. The highest BCUT2D eigenvalue weighted by molar-refractivity contribution is 7.94. The van der Waals surface area contributed by atoms with E-state index >= 15 is 0 Å². The molecule has 2 rings (SSSR count). The van der Waals surface area contributed by atoms with Gasteiger partial charge in [-0.05, 0) is 35.2 Å². The normalized spacial score (nSPS) is 11.8. The minimum atomic E-state index is -3.67. The van der Waals surface area contributed by atoms with Gasteiger partial charge in [-0.2, -0.15) is 0 Å². The monoisotopic (exact) mass is 328 g/mol. The quantitative estimate of drug-likeness (QED) is 0.856. The van der Waals surface area contributed by atoms with Crippen molar-refractivity contribution < 1.29 is 12.8 Å². The number of halogens is 1. The molecule has 0 atom stereocenters. The van der Waals surface area contributed by atoms with Crippen molar-refractivity contribution in [3.05, 3.63) is 47.1 Å². The molecule has 0 fully saturated rings. The molecule has 2 N–H and O–H groups in total. The Kier molecular flexibility index (Phi) is 4.97. The molecule has 21 heavy (non-hydrogen) atoms. The largest absolute Gasteiger partial charge is 0.310 e. The van der Waals surface area contributed by atoms with Crippen LogP contribution in [-0.4, -0.2) is 14.5 Å². The predicted octanol–water partition coefficient (Wildman–Crippen LogP) is 3.19. The summed E-state index contributed by atoms with van der Waals surface area (Å²) in [6.07, 6.45) is 0. The number of hydrogen-bond acceptors (Lipinski definition) is 4. The molecule has 0 aliphatic rings. The van der Waals surface area contributed by atoms with Crippen molar-refractivity contribution in [1.82, 2.24) is 5.32 Å². The van der Waals surface area contributed by atoms with Crippen molar-refractivity contribution in [2.45, 2.75) is 30.6 Å². The van der Waals surface area contributed by atoms with Crippen molar-refractivity contribution in [2.75, 3.05) is 4.72 Å². The summed E-state index contributed by atoms with van der Waals surface area (Å²) in [7, 11) is -3.67. The van der Waals surface area contributed by atoms with Crippen LogP contribution in [-0.2, 0) is 16.6 Å². The van der Waals surface area contributed by atoms with Crippen LogP contribution in [0.25, 0.3) is 0 Å². The maximum absolute atomic E-state index is 13.1. The van der Waals surface area contributed by atoms with Crippen molar-refractivity contribution in [3.63, 3.8) is 0 Å². The van der Waals surface area contributed by atoms with E-state index in [4.69, 9.17) is 0 Å². The third-order valence-electron chi connectivity index (χ3n) is 2.69. The Bertz CT molecular complexity index is 711. The van der Waals surface area contributed by atoms with Crippen LogP contribution in [0.5, 0.6) is 0 Å². The van der Waals surface area contributed by atoms with E-state index in [0.717, 1.165) is 23.0 Å². The van der Waals surface area contributed by atoms with Gasteiger partial charge >= 0.3 is 0 Å². The molecule has 114 valence electrons. The van der Waals surface area contributed by atoms with Crippen LogP contribution in [0.15, 0.2) is 39.9 Å². The molecule has 1 heterocycles. The molecule has 0 unspecified atom stereocenters. The first-order valence-electron chi connectivity index (χ1n) is 6.46. The van der Waals surface area contributed by atoms with Gasteiger partial charge < -0.3 is 5.32 Å². The van der Waals surface area contributed by atoms with Gasteiger partial charge in [-0.1, -0.05) is 19.9 Å². The first-order chi connectivity index (χ1) is 9.87. The standard InChI is InChI=1S/C14H17FN2O2S2/c1-10(2)16-8-11-6-14(20-9-11)21(18,19)17-13-5-3-4-12(15)7-13/h3-7,9-10,16-17H,8H2,1-2H3. The topological polar surface area (TPSA) is 58.2 Å². The average molecular weight is 328 g/mol.